The molecule has 21 heavy (non-hydrogen) atoms. The van der Waals surface area contributed by atoms with Gasteiger partial charge in [-0.1, -0.05) is 0 Å². The van der Waals surface area contributed by atoms with Crippen LogP contribution < -0.4 is 5.32 Å². The Hall–Kier alpha value is -0.930. The Kier molecular flexibility index (Phi) is 5.05. The van der Waals surface area contributed by atoms with Crippen LogP contribution in [0.2, 0.25) is 0 Å². The van der Waals surface area contributed by atoms with Crippen LogP contribution in [0.15, 0.2) is 24.3 Å². The molecule has 1 fully saturated rings. The zero-order valence-electron chi connectivity index (χ0n) is 10.4. The van der Waals surface area contributed by atoms with Gasteiger partial charge in [-0.2, -0.15) is 0 Å². The largest absolute Gasteiger partial charge is 0.326 e. The Labute approximate surface area is 131 Å². The molecule has 1 amide bonds. The topological polar surface area (TPSA) is 29.1 Å². The molecule has 1 N–H and O–H groups in total. The molecule has 0 heterocycles. The van der Waals surface area contributed by atoms with Gasteiger partial charge >= 0.3 is 0 Å². The summed E-state index contributed by atoms with van der Waals surface area (Å²) in [5.74, 6) is -3.44. The Morgan fingerprint density at radius 3 is 1.76 bits per heavy atom. The molecule has 0 radical (unpaired) electrons. The van der Waals surface area contributed by atoms with Gasteiger partial charge < -0.3 is 5.32 Å². The van der Waals surface area contributed by atoms with Crippen LogP contribution in [0.5, 0.6) is 0 Å². The van der Waals surface area contributed by atoms with Gasteiger partial charge in [-0.05, 0) is 46.9 Å². The summed E-state index contributed by atoms with van der Waals surface area (Å²) in [6, 6.07) is 6.20. The third-order valence-electron chi connectivity index (χ3n) is 3.32. The maximum Gasteiger partial charge on any atom is 0.233 e. The number of hydrogen-bond donors (Lipinski definition) is 1. The summed E-state index contributed by atoms with van der Waals surface area (Å²) in [5.41, 5.74) is 0.230. The van der Waals surface area contributed by atoms with Crippen LogP contribution in [0.1, 0.15) is 0 Å². The first-order valence-electron chi connectivity index (χ1n) is 6.09. The van der Waals surface area contributed by atoms with E-state index in [1.165, 1.54) is 12.1 Å². The molecule has 2 nitrogen and oxygen atoms in total. The van der Waals surface area contributed by atoms with Crippen molar-refractivity contribution in [3.05, 3.63) is 27.8 Å². The minimum Gasteiger partial charge on any atom is -0.326 e. The fraction of sp³-hybridized carbons (Fsp3) is 0.462. The number of nitrogens with one attached hydrogen (secondary N) is 1. The zero-order valence-corrected chi connectivity index (χ0v) is 12.6. The lowest BCUT2D eigenvalue weighted by Gasteiger charge is -2.35. The molecule has 0 aliphatic heterocycles. The van der Waals surface area contributed by atoms with Crippen molar-refractivity contribution < 1.29 is 26.7 Å². The van der Waals surface area contributed by atoms with Crippen molar-refractivity contribution in [1.29, 1.82) is 0 Å². The number of benzene rings is 1. The van der Waals surface area contributed by atoms with E-state index < -0.39 is 42.7 Å². The van der Waals surface area contributed by atoms with Gasteiger partial charge in [-0.25, -0.2) is 22.0 Å². The van der Waals surface area contributed by atoms with Gasteiger partial charge in [0.2, 0.25) is 5.91 Å². The van der Waals surface area contributed by atoms with Gasteiger partial charge in [-0.15, -0.1) is 0 Å². The molecule has 1 aromatic carbocycles. The van der Waals surface area contributed by atoms with Crippen LogP contribution in [-0.2, 0) is 4.79 Å². The van der Waals surface area contributed by atoms with Crippen LogP contribution in [0.4, 0.5) is 27.6 Å². The molecule has 1 aliphatic carbocycles. The van der Waals surface area contributed by atoms with Crippen LogP contribution in [-0.4, -0.2) is 36.8 Å². The first kappa shape index (κ1) is 16.4. The normalized spacial score (nSPS) is 36.3. The molecule has 116 valence electrons. The molecule has 8 heteroatoms. The first-order chi connectivity index (χ1) is 9.82. The third-order valence-corrected chi connectivity index (χ3v) is 4.04. The highest BCUT2D eigenvalue weighted by molar-refractivity contribution is 14.1. The molecule has 2 rings (SSSR count). The number of hydrogen-bond acceptors (Lipinski definition) is 1. The number of amides is 1. The zero-order chi connectivity index (χ0) is 15.7. The second-order valence-electron chi connectivity index (χ2n) is 4.74. The molecule has 1 aliphatic rings. The van der Waals surface area contributed by atoms with E-state index >= 15 is 0 Å². The molecule has 2 unspecified atom stereocenters. The van der Waals surface area contributed by atoms with Crippen LogP contribution in [0.3, 0.4) is 0 Å². The van der Waals surface area contributed by atoms with Crippen molar-refractivity contribution in [3.63, 3.8) is 0 Å². The lowest BCUT2D eigenvalue weighted by molar-refractivity contribution is -0.138. The summed E-state index contributed by atoms with van der Waals surface area (Å²) in [7, 11) is 0. The third kappa shape index (κ3) is 3.29. The predicted octanol–water partition coefficient (Wildman–Crippen LogP) is 3.55. The summed E-state index contributed by atoms with van der Waals surface area (Å²) >= 11 is 2.01. The fourth-order valence-electron chi connectivity index (χ4n) is 2.15. The van der Waals surface area contributed by atoms with E-state index in [9.17, 15) is 26.7 Å². The molecule has 0 saturated heterocycles. The van der Waals surface area contributed by atoms with Crippen LogP contribution in [0, 0.1) is 9.49 Å². The van der Waals surface area contributed by atoms with E-state index in [0.717, 1.165) is 3.57 Å². The number of rotatable bonds is 2. The monoisotopic (exact) mass is 419 g/mol. The Bertz CT molecular complexity index is 498. The van der Waals surface area contributed by atoms with Gasteiger partial charge in [0.15, 0.2) is 18.5 Å². The Balaban J connectivity index is 2.15. The number of anilines is 1. The van der Waals surface area contributed by atoms with Gasteiger partial charge in [0.25, 0.3) is 0 Å². The number of alkyl halides is 5. The molecule has 0 spiro atoms. The van der Waals surface area contributed by atoms with E-state index in [0.29, 0.717) is 0 Å². The lowest BCUT2D eigenvalue weighted by atomic mass is 9.81. The number of carbonyl (C=O) groups is 1. The van der Waals surface area contributed by atoms with Crippen molar-refractivity contribution in [1.82, 2.24) is 0 Å². The highest BCUT2D eigenvalue weighted by Gasteiger charge is 2.56. The molecular weight excluding hydrogens is 408 g/mol. The van der Waals surface area contributed by atoms with E-state index in [4.69, 9.17) is 0 Å². The Morgan fingerprint density at radius 2 is 1.29 bits per heavy atom. The minimum absolute atomic E-state index is 0.230. The minimum atomic E-state index is -2.91. The molecule has 1 saturated carbocycles. The predicted molar refractivity (Wildman–Crippen MR) is 75.8 cm³/mol. The second-order valence-corrected chi connectivity index (χ2v) is 5.99. The Morgan fingerprint density at radius 1 is 0.857 bits per heavy atom. The maximum absolute atomic E-state index is 13.6. The molecule has 0 bridgehead atoms. The smallest absolute Gasteiger partial charge is 0.233 e. The van der Waals surface area contributed by atoms with E-state index in [1.807, 2.05) is 22.6 Å². The van der Waals surface area contributed by atoms with Gasteiger partial charge in [-0.3, -0.25) is 4.79 Å². The molecule has 1 aromatic rings. The van der Waals surface area contributed by atoms with E-state index in [2.05, 4.69) is 5.32 Å². The highest BCUT2D eigenvalue weighted by atomic mass is 127. The van der Waals surface area contributed by atoms with Gasteiger partial charge in [0, 0.05) is 9.26 Å². The molecule has 6 atom stereocenters. The lowest BCUT2D eigenvalue weighted by Crippen LogP contribution is -2.56. The highest BCUT2D eigenvalue weighted by Crippen LogP contribution is 2.36. The van der Waals surface area contributed by atoms with Crippen molar-refractivity contribution in [2.75, 3.05) is 5.32 Å². The van der Waals surface area contributed by atoms with Crippen molar-refractivity contribution in [3.8, 4) is 0 Å². The first-order valence-corrected chi connectivity index (χ1v) is 7.17. The van der Waals surface area contributed by atoms with Crippen molar-refractivity contribution >= 4 is 34.2 Å². The average molecular weight is 419 g/mol. The fourth-order valence-corrected chi connectivity index (χ4v) is 2.51. The summed E-state index contributed by atoms with van der Waals surface area (Å²) in [4.78, 5) is 11.8. The SMILES string of the molecule is O=C(Nc1ccc(I)cc1)C1[C@H](F)[C@H](F)C(F)[C@H](F)[C@H]1F. The second kappa shape index (κ2) is 6.45. The summed E-state index contributed by atoms with van der Waals surface area (Å²) in [6.45, 7) is 0. The quantitative estimate of drug-likeness (QED) is 0.577. The van der Waals surface area contributed by atoms with Crippen LogP contribution >= 0.6 is 22.6 Å². The number of carbonyl (C=O) groups excluding carboxylic acids is 1. The molecular formula is C13H11F5INO. The van der Waals surface area contributed by atoms with E-state index in [1.54, 1.807) is 12.1 Å². The standard InChI is InChI=1S/C13H11F5INO/c14-8-7(9(15)11(17)12(18)10(8)16)13(21)20-6-3-1-5(19)2-4-6/h1-4,7-12H,(H,20,21)/t7?,8-,9-,10-,11+,12?/m0/s1. The average Bonchev–Trinajstić information content (AvgIpc) is 2.46. The van der Waals surface area contributed by atoms with E-state index in [-0.39, 0.29) is 5.69 Å². The van der Waals surface area contributed by atoms with Crippen LogP contribution in [0.25, 0.3) is 0 Å². The van der Waals surface area contributed by atoms with Gasteiger partial charge in [0.1, 0.15) is 18.3 Å². The maximum atomic E-state index is 13.6. The van der Waals surface area contributed by atoms with Crippen molar-refractivity contribution in [2.45, 2.75) is 30.9 Å². The number of halogens is 6. The summed E-state index contributed by atoms with van der Waals surface area (Å²) in [6.07, 6.45) is -14.1. The van der Waals surface area contributed by atoms with Gasteiger partial charge in [0.05, 0.1) is 0 Å². The van der Waals surface area contributed by atoms with Crippen molar-refractivity contribution in [2.24, 2.45) is 5.92 Å². The summed E-state index contributed by atoms with van der Waals surface area (Å²) < 4.78 is 67.7. The molecule has 0 aromatic heterocycles. The summed E-state index contributed by atoms with van der Waals surface area (Å²) in [5, 5.41) is 2.18.